The Morgan fingerprint density at radius 3 is 1.13 bits per heavy atom. The summed E-state index contributed by atoms with van der Waals surface area (Å²) in [7, 11) is -22.9. The van der Waals surface area contributed by atoms with Gasteiger partial charge in [0, 0.05) is 25.9 Å². The first-order valence-corrected chi connectivity index (χ1v) is 15.0. The van der Waals surface area contributed by atoms with Crippen molar-refractivity contribution in [1.82, 2.24) is 4.90 Å². The number of aliphatic hydroxyl groups is 2. The van der Waals surface area contributed by atoms with Crippen LogP contribution < -0.4 is 0 Å². The average molecular weight is 523 g/mol. The molecule has 0 radical (unpaired) electrons. The summed E-state index contributed by atoms with van der Waals surface area (Å²) in [6.45, 7) is 0.583. The van der Waals surface area contributed by atoms with Crippen LogP contribution in [0.15, 0.2) is 0 Å². The zero-order valence-electron chi connectivity index (χ0n) is 16.0. The molecule has 0 atom stereocenters. The van der Waals surface area contributed by atoms with E-state index in [-0.39, 0.29) is 6.54 Å². The molecular weight excluding hydrogens is 494 g/mol. The molecule has 0 rings (SSSR count). The molecule has 0 aromatic rings. The summed E-state index contributed by atoms with van der Waals surface area (Å²) in [4.78, 5) is 74.5. The Morgan fingerprint density at radius 2 is 0.900 bits per heavy atom. The van der Waals surface area contributed by atoms with Gasteiger partial charge in [-0.2, -0.15) is 0 Å². The second-order valence-electron chi connectivity index (χ2n) is 6.77. The maximum atomic E-state index is 11.4. The lowest BCUT2D eigenvalue weighted by atomic mass is 10.2. The molecule has 0 heterocycles. The number of unbranched alkanes of at least 4 members (excludes halogenated alkanes) is 2. The fraction of sp³-hybridized carbons (Fsp3) is 1.00. The molecule has 0 aliphatic carbocycles. The van der Waals surface area contributed by atoms with Gasteiger partial charge in [-0.25, -0.2) is 0 Å². The third-order valence-corrected chi connectivity index (χ3v) is 12.2. The van der Waals surface area contributed by atoms with Crippen LogP contribution in [-0.2, 0) is 18.3 Å². The van der Waals surface area contributed by atoms with Gasteiger partial charge in [0.2, 0.25) is 0 Å². The Labute approximate surface area is 172 Å². The van der Waals surface area contributed by atoms with Crippen LogP contribution in [0.1, 0.15) is 39.0 Å². The molecular formula is C11H29NO14P4. The van der Waals surface area contributed by atoms with Gasteiger partial charge in [-0.15, -0.1) is 0 Å². The highest BCUT2D eigenvalue weighted by Gasteiger charge is 2.60. The van der Waals surface area contributed by atoms with Gasteiger partial charge in [0.05, 0.1) is 0 Å². The van der Waals surface area contributed by atoms with Gasteiger partial charge in [-0.3, -0.25) is 18.3 Å². The van der Waals surface area contributed by atoms with Gasteiger partial charge >= 0.3 is 30.4 Å². The molecule has 0 aromatic heterocycles. The Hall–Kier alpha value is 0.480. The monoisotopic (exact) mass is 523 g/mol. The first kappa shape index (κ1) is 30.5. The fourth-order valence-corrected chi connectivity index (χ4v) is 6.74. The summed E-state index contributed by atoms with van der Waals surface area (Å²) in [5.74, 6) is 0. The normalized spacial score (nSPS) is 15.1. The largest absolute Gasteiger partial charge is 0.369 e. The van der Waals surface area contributed by atoms with Gasteiger partial charge in [0.15, 0.2) is 0 Å². The van der Waals surface area contributed by atoms with Gasteiger partial charge in [-0.05, 0) is 13.0 Å². The van der Waals surface area contributed by atoms with E-state index in [0.717, 1.165) is 4.90 Å². The van der Waals surface area contributed by atoms with Gasteiger partial charge in [0.25, 0.3) is 10.2 Å². The zero-order chi connectivity index (χ0) is 24.2. The molecule has 0 saturated heterocycles. The summed E-state index contributed by atoms with van der Waals surface area (Å²) < 4.78 is 45.8. The van der Waals surface area contributed by atoms with E-state index in [4.69, 9.17) is 0 Å². The van der Waals surface area contributed by atoms with Crippen molar-refractivity contribution in [2.24, 2.45) is 0 Å². The molecule has 0 unspecified atom stereocenters. The van der Waals surface area contributed by atoms with E-state index in [1.807, 2.05) is 6.92 Å². The van der Waals surface area contributed by atoms with Crippen molar-refractivity contribution in [1.29, 1.82) is 0 Å². The van der Waals surface area contributed by atoms with Crippen molar-refractivity contribution in [2.75, 3.05) is 19.6 Å². The van der Waals surface area contributed by atoms with E-state index < -0.39 is 66.5 Å². The molecule has 0 aromatic carbocycles. The zero-order valence-corrected chi connectivity index (χ0v) is 19.6. The highest BCUT2D eigenvalue weighted by atomic mass is 31.2. The van der Waals surface area contributed by atoms with Crippen LogP contribution in [0.4, 0.5) is 0 Å². The second-order valence-corrected chi connectivity index (χ2v) is 14.8. The molecule has 0 bridgehead atoms. The summed E-state index contributed by atoms with van der Waals surface area (Å²) in [6.07, 6.45) is -0.627. The second kappa shape index (κ2) is 10.6. The molecule has 0 aliphatic rings. The molecule has 10 N–H and O–H groups in total. The molecule has 0 spiro atoms. The van der Waals surface area contributed by atoms with E-state index in [0.29, 0.717) is 19.3 Å². The number of hydrogen-bond acceptors (Lipinski definition) is 7. The number of hydrogen-bond donors (Lipinski definition) is 10. The molecule has 0 amide bonds. The van der Waals surface area contributed by atoms with E-state index in [1.165, 1.54) is 0 Å². The minimum atomic E-state index is -5.73. The Bertz CT molecular complexity index is 647. The predicted octanol–water partition coefficient (Wildman–Crippen LogP) is -0.738. The summed E-state index contributed by atoms with van der Waals surface area (Å²) >= 11 is 0. The number of nitrogens with zero attached hydrogens (tertiary/aromatic N) is 1. The molecule has 19 heteroatoms. The highest BCUT2D eigenvalue weighted by molar-refractivity contribution is 7.72. The lowest BCUT2D eigenvalue weighted by Crippen LogP contribution is -2.39. The Morgan fingerprint density at radius 1 is 0.600 bits per heavy atom. The van der Waals surface area contributed by atoms with Gasteiger partial charge in [-0.1, -0.05) is 19.8 Å². The Balaban J connectivity index is 5.68. The lowest BCUT2D eigenvalue weighted by Gasteiger charge is -2.34. The van der Waals surface area contributed by atoms with Crippen molar-refractivity contribution in [3.8, 4) is 0 Å². The lowest BCUT2D eigenvalue weighted by molar-refractivity contribution is 0.0913. The third-order valence-electron chi connectivity index (χ3n) is 4.47. The van der Waals surface area contributed by atoms with Gasteiger partial charge < -0.3 is 54.3 Å². The van der Waals surface area contributed by atoms with Crippen LogP contribution >= 0.6 is 30.4 Å². The maximum absolute atomic E-state index is 11.4. The predicted molar refractivity (Wildman–Crippen MR) is 103 cm³/mol. The molecule has 0 saturated carbocycles. The highest BCUT2D eigenvalue weighted by Crippen LogP contribution is 2.70. The van der Waals surface area contributed by atoms with E-state index in [1.54, 1.807) is 0 Å². The number of rotatable bonds is 14. The van der Waals surface area contributed by atoms with Crippen LogP contribution in [0, 0.1) is 0 Å². The Kier molecular flexibility index (Phi) is 10.8. The summed E-state index contributed by atoms with van der Waals surface area (Å²) in [5, 5.41) is 12.4. The standard InChI is InChI=1S/C11H29NO14P4/c1-2-3-4-7-12(8-5-10(13,27(15,16)17)28(18,19)20)9-6-11(14,29(21,22)23)30(24,25)26/h13-14H,2-9H2,1H3,(H2,15,16,17)(H2,18,19,20)(H2,21,22,23)(H2,24,25,26). The van der Waals surface area contributed by atoms with Crippen LogP contribution in [0.5, 0.6) is 0 Å². The third kappa shape index (κ3) is 7.52. The summed E-state index contributed by atoms with van der Waals surface area (Å²) in [5.41, 5.74) is 0. The molecule has 30 heavy (non-hydrogen) atoms. The topological polar surface area (TPSA) is 274 Å². The van der Waals surface area contributed by atoms with E-state index in [9.17, 15) is 67.6 Å². The summed E-state index contributed by atoms with van der Waals surface area (Å²) in [6, 6.07) is 0. The van der Waals surface area contributed by atoms with Crippen LogP contribution in [0.25, 0.3) is 0 Å². The minimum absolute atomic E-state index is 0.0185. The van der Waals surface area contributed by atoms with Crippen LogP contribution in [0.3, 0.4) is 0 Å². The van der Waals surface area contributed by atoms with Crippen molar-refractivity contribution >= 4 is 30.4 Å². The molecule has 0 fully saturated rings. The first-order chi connectivity index (χ1) is 13.1. The van der Waals surface area contributed by atoms with Crippen LogP contribution in [0.2, 0.25) is 0 Å². The van der Waals surface area contributed by atoms with Gasteiger partial charge in [0.1, 0.15) is 0 Å². The maximum Gasteiger partial charge on any atom is 0.369 e. The van der Waals surface area contributed by atoms with Crippen molar-refractivity contribution in [2.45, 2.75) is 49.2 Å². The smallest absolute Gasteiger partial charge is 0.367 e. The van der Waals surface area contributed by atoms with Crippen molar-refractivity contribution in [3.63, 3.8) is 0 Å². The SMILES string of the molecule is CCCCCN(CCC(O)(P(=O)(O)O)P(=O)(O)O)CCC(O)(P(=O)(O)O)P(=O)(O)O. The van der Waals surface area contributed by atoms with Crippen molar-refractivity contribution in [3.05, 3.63) is 0 Å². The molecule has 182 valence electrons. The minimum Gasteiger partial charge on any atom is -0.367 e. The van der Waals surface area contributed by atoms with Crippen molar-refractivity contribution < 1.29 is 67.6 Å². The molecule has 0 aliphatic heterocycles. The fourth-order valence-electron chi connectivity index (χ4n) is 2.46. The van der Waals surface area contributed by atoms with Crippen LogP contribution in [-0.4, -0.2) is 84.1 Å². The first-order valence-electron chi connectivity index (χ1n) is 8.53. The van der Waals surface area contributed by atoms with E-state index >= 15 is 0 Å². The molecule has 15 nitrogen and oxygen atoms in total. The average Bonchev–Trinajstić information content (AvgIpc) is 2.51. The quantitative estimate of drug-likeness (QED) is 0.0992. The van der Waals surface area contributed by atoms with E-state index in [2.05, 4.69) is 0 Å².